The van der Waals surface area contributed by atoms with Crippen molar-refractivity contribution in [1.82, 2.24) is 0 Å². The lowest BCUT2D eigenvalue weighted by molar-refractivity contribution is 0.415. The number of hydrogen-bond acceptors (Lipinski definition) is 0. The molecule has 0 aromatic rings. The van der Waals surface area contributed by atoms with Gasteiger partial charge in [-0.15, -0.1) is 0 Å². The molecule has 0 nitrogen and oxygen atoms in total. The first-order chi connectivity index (χ1) is 6.11. The van der Waals surface area contributed by atoms with E-state index in [2.05, 4.69) is 40.7 Å². The maximum absolute atomic E-state index is 2.38. The van der Waals surface area contributed by atoms with Crippen LogP contribution >= 0.6 is 0 Å². The molecule has 0 spiro atoms. The first-order valence-electron chi connectivity index (χ1n) is 5.74. The predicted molar refractivity (Wildman–Crippen MR) is 61.9 cm³/mol. The van der Waals surface area contributed by atoms with Crippen molar-refractivity contribution in [2.45, 2.75) is 60.3 Å². The van der Waals surface area contributed by atoms with E-state index in [1.54, 1.807) is 5.57 Å². The van der Waals surface area contributed by atoms with Crippen molar-refractivity contribution in [3.8, 4) is 0 Å². The Morgan fingerprint density at radius 2 is 1.92 bits per heavy atom. The highest BCUT2D eigenvalue weighted by atomic mass is 14.1. The summed E-state index contributed by atoms with van der Waals surface area (Å²) >= 11 is 0. The smallest absolute Gasteiger partial charge is 0.0232 e. The van der Waals surface area contributed by atoms with Gasteiger partial charge >= 0.3 is 0 Å². The van der Waals surface area contributed by atoms with E-state index in [1.807, 2.05) is 0 Å². The summed E-state index contributed by atoms with van der Waals surface area (Å²) in [5.74, 6) is 1.67. The third kappa shape index (κ3) is 5.90. The second-order valence-corrected chi connectivity index (χ2v) is 4.42. The Kier molecular flexibility index (Phi) is 7.03. The zero-order valence-electron chi connectivity index (χ0n) is 10.1. The van der Waals surface area contributed by atoms with E-state index in [1.165, 1.54) is 25.7 Å². The largest absolute Gasteiger partial charge is 0.0885 e. The van der Waals surface area contributed by atoms with Crippen LogP contribution < -0.4 is 0 Å². The monoisotopic (exact) mass is 182 g/mol. The standard InChI is InChI=1S/C13H26/c1-6-8-9-11(3)10-13(5)12(4)7-2/h7,11,13H,6,8-10H2,1-5H3. The second-order valence-electron chi connectivity index (χ2n) is 4.42. The van der Waals surface area contributed by atoms with Crippen LogP contribution in [0.15, 0.2) is 11.6 Å². The van der Waals surface area contributed by atoms with Gasteiger partial charge in [0.2, 0.25) is 0 Å². The molecule has 0 N–H and O–H groups in total. The lowest BCUT2D eigenvalue weighted by Gasteiger charge is -2.17. The molecule has 0 rings (SSSR count). The van der Waals surface area contributed by atoms with E-state index < -0.39 is 0 Å². The van der Waals surface area contributed by atoms with Crippen LogP contribution in [0.3, 0.4) is 0 Å². The Balaban J connectivity index is 3.71. The van der Waals surface area contributed by atoms with Gasteiger partial charge in [-0.2, -0.15) is 0 Å². The molecular formula is C13H26. The predicted octanol–water partition coefficient (Wildman–Crippen LogP) is 4.81. The molecule has 0 radical (unpaired) electrons. The van der Waals surface area contributed by atoms with E-state index in [4.69, 9.17) is 0 Å². The van der Waals surface area contributed by atoms with Crippen molar-refractivity contribution in [2.24, 2.45) is 11.8 Å². The van der Waals surface area contributed by atoms with Gasteiger partial charge in [-0.05, 0) is 32.1 Å². The lowest BCUT2D eigenvalue weighted by atomic mass is 9.89. The summed E-state index contributed by atoms with van der Waals surface area (Å²) in [4.78, 5) is 0. The SMILES string of the molecule is CC=C(C)C(C)CC(C)CCCC. The molecule has 0 bridgehead atoms. The summed E-state index contributed by atoms with van der Waals surface area (Å²) in [7, 11) is 0. The molecule has 2 unspecified atom stereocenters. The third-order valence-corrected chi connectivity index (χ3v) is 3.04. The Morgan fingerprint density at radius 1 is 1.31 bits per heavy atom. The average molecular weight is 182 g/mol. The van der Waals surface area contributed by atoms with Crippen molar-refractivity contribution < 1.29 is 0 Å². The van der Waals surface area contributed by atoms with E-state index in [9.17, 15) is 0 Å². The van der Waals surface area contributed by atoms with Crippen LogP contribution in [0.5, 0.6) is 0 Å². The highest BCUT2D eigenvalue weighted by Crippen LogP contribution is 2.22. The van der Waals surface area contributed by atoms with Gasteiger partial charge in [0, 0.05) is 0 Å². The Labute approximate surface area is 84.4 Å². The topological polar surface area (TPSA) is 0 Å². The molecule has 2 atom stereocenters. The van der Waals surface area contributed by atoms with Gasteiger partial charge in [0.25, 0.3) is 0 Å². The molecule has 0 aromatic carbocycles. The van der Waals surface area contributed by atoms with Crippen LogP contribution in [-0.4, -0.2) is 0 Å². The summed E-state index contributed by atoms with van der Waals surface area (Å²) in [6.45, 7) is 11.4. The summed E-state index contributed by atoms with van der Waals surface area (Å²) in [6.07, 6.45) is 7.73. The molecule has 0 saturated carbocycles. The Hall–Kier alpha value is -0.260. The molecule has 13 heavy (non-hydrogen) atoms. The first-order valence-corrected chi connectivity index (χ1v) is 5.74. The highest BCUT2D eigenvalue weighted by molar-refractivity contribution is 5.00. The molecule has 0 aliphatic heterocycles. The molecule has 0 aliphatic carbocycles. The Bertz CT molecular complexity index is 144. The van der Waals surface area contributed by atoms with Gasteiger partial charge in [0.1, 0.15) is 0 Å². The van der Waals surface area contributed by atoms with Gasteiger partial charge < -0.3 is 0 Å². The van der Waals surface area contributed by atoms with E-state index >= 15 is 0 Å². The zero-order valence-corrected chi connectivity index (χ0v) is 10.1. The molecule has 0 aromatic heterocycles. The molecule has 0 saturated heterocycles. The molecule has 0 heterocycles. The first kappa shape index (κ1) is 12.7. The second kappa shape index (κ2) is 7.17. The number of unbranched alkanes of at least 4 members (excludes halogenated alkanes) is 1. The van der Waals surface area contributed by atoms with Gasteiger partial charge in [-0.1, -0.05) is 51.7 Å². The van der Waals surface area contributed by atoms with Gasteiger partial charge in [-0.3, -0.25) is 0 Å². The normalized spacial score (nSPS) is 17.2. The minimum absolute atomic E-state index is 0.775. The van der Waals surface area contributed by atoms with Crippen molar-refractivity contribution >= 4 is 0 Å². The van der Waals surface area contributed by atoms with E-state index in [0.717, 1.165) is 11.8 Å². The van der Waals surface area contributed by atoms with E-state index in [0.29, 0.717) is 0 Å². The lowest BCUT2D eigenvalue weighted by Crippen LogP contribution is -2.04. The van der Waals surface area contributed by atoms with Crippen LogP contribution in [0, 0.1) is 11.8 Å². The maximum Gasteiger partial charge on any atom is -0.0232 e. The third-order valence-electron chi connectivity index (χ3n) is 3.04. The van der Waals surface area contributed by atoms with Crippen molar-refractivity contribution in [1.29, 1.82) is 0 Å². The molecule has 78 valence electrons. The van der Waals surface area contributed by atoms with Crippen LogP contribution in [0.2, 0.25) is 0 Å². The molecular weight excluding hydrogens is 156 g/mol. The number of hydrogen-bond donors (Lipinski definition) is 0. The molecule has 0 amide bonds. The van der Waals surface area contributed by atoms with Gasteiger partial charge in [0.05, 0.1) is 0 Å². The fourth-order valence-electron chi connectivity index (χ4n) is 1.74. The fourth-order valence-corrected chi connectivity index (χ4v) is 1.74. The Morgan fingerprint density at radius 3 is 2.38 bits per heavy atom. The van der Waals surface area contributed by atoms with Crippen molar-refractivity contribution in [3.05, 3.63) is 11.6 Å². The number of allylic oxidation sites excluding steroid dienone is 2. The molecule has 0 fully saturated rings. The minimum atomic E-state index is 0.775. The minimum Gasteiger partial charge on any atom is -0.0885 e. The van der Waals surface area contributed by atoms with Crippen LogP contribution in [0.1, 0.15) is 60.3 Å². The van der Waals surface area contributed by atoms with Crippen molar-refractivity contribution in [3.63, 3.8) is 0 Å². The summed E-state index contributed by atoms with van der Waals surface area (Å²) in [5.41, 5.74) is 1.54. The quantitative estimate of drug-likeness (QED) is 0.517. The molecule has 0 heteroatoms. The highest BCUT2D eigenvalue weighted by Gasteiger charge is 2.08. The summed E-state index contributed by atoms with van der Waals surface area (Å²) < 4.78 is 0. The van der Waals surface area contributed by atoms with Crippen LogP contribution in [0.4, 0.5) is 0 Å². The van der Waals surface area contributed by atoms with E-state index in [-0.39, 0.29) is 0 Å². The summed E-state index contributed by atoms with van der Waals surface area (Å²) in [6, 6.07) is 0. The average Bonchev–Trinajstić information content (AvgIpc) is 2.13. The van der Waals surface area contributed by atoms with Gasteiger partial charge in [-0.25, -0.2) is 0 Å². The maximum atomic E-state index is 2.38. The van der Waals surface area contributed by atoms with Gasteiger partial charge in [0.15, 0.2) is 0 Å². The summed E-state index contributed by atoms with van der Waals surface area (Å²) in [5, 5.41) is 0. The molecule has 0 aliphatic rings. The zero-order chi connectivity index (χ0) is 10.3. The van der Waals surface area contributed by atoms with Crippen molar-refractivity contribution in [2.75, 3.05) is 0 Å². The van der Waals surface area contributed by atoms with Crippen LogP contribution in [0.25, 0.3) is 0 Å². The van der Waals surface area contributed by atoms with Crippen LogP contribution in [-0.2, 0) is 0 Å². The fraction of sp³-hybridized carbons (Fsp3) is 0.846. The number of rotatable bonds is 6.